The second-order valence-corrected chi connectivity index (χ2v) is 5.43. The number of ether oxygens (including phenoxy) is 1. The molecule has 0 saturated heterocycles. The highest BCUT2D eigenvalue weighted by Gasteiger charge is 2.01. The number of halogens is 2. The molecule has 0 saturated carbocycles. The fourth-order valence-electron chi connectivity index (χ4n) is 2.26. The molecule has 1 heterocycles. The molecule has 0 atom stereocenters. The molecular weight excluding hydrogens is 446 g/mol. The Morgan fingerprint density at radius 3 is 2.58 bits per heavy atom. The molecule has 0 aliphatic rings. The molecule has 1 aromatic carbocycles. The SMILES string of the molecule is CCNC(=NCc1ccnc(OCC)c1)NCCc1ccc(F)cc1.I. The molecule has 0 bridgehead atoms. The number of nitrogens with one attached hydrogen (secondary N) is 2. The van der Waals surface area contributed by atoms with Gasteiger partial charge < -0.3 is 15.4 Å². The Hall–Kier alpha value is -1.90. The third kappa shape index (κ3) is 7.99. The van der Waals surface area contributed by atoms with Gasteiger partial charge in [0, 0.05) is 25.4 Å². The second kappa shape index (κ2) is 12.5. The van der Waals surface area contributed by atoms with E-state index >= 15 is 0 Å². The molecule has 1 aromatic heterocycles. The molecule has 0 fully saturated rings. The average Bonchev–Trinajstić information content (AvgIpc) is 2.62. The van der Waals surface area contributed by atoms with E-state index in [1.165, 1.54) is 12.1 Å². The van der Waals surface area contributed by atoms with Crippen molar-refractivity contribution in [3.63, 3.8) is 0 Å². The van der Waals surface area contributed by atoms with Crippen molar-refractivity contribution in [1.29, 1.82) is 0 Å². The average molecular weight is 472 g/mol. The van der Waals surface area contributed by atoms with Gasteiger partial charge in [0.25, 0.3) is 0 Å². The smallest absolute Gasteiger partial charge is 0.213 e. The lowest BCUT2D eigenvalue weighted by Crippen LogP contribution is -2.38. The minimum atomic E-state index is -0.213. The van der Waals surface area contributed by atoms with Crippen LogP contribution in [0.4, 0.5) is 4.39 Å². The molecule has 2 aromatic rings. The summed E-state index contributed by atoms with van der Waals surface area (Å²) in [6.45, 7) is 6.58. The minimum absolute atomic E-state index is 0. The molecular formula is C19H26FIN4O. The van der Waals surface area contributed by atoms with Crippen LogP contribution < -0.4 is 15.4 Å². The van der Waals surface area contributed by atoms with Crippen LogP contribution in [-0.2, 0) is 13.0 Å². The van der Waals surface area contributed by atoms with Crippen LogP contribution in [0.2, 0.25) is 0 Å². The molecule has 7 heteroatoms. The Bertz CT molecular complexity index is 679. The summed E-state index contributed by atoms with van der Waals surface area (Å²) in [7, 11) is 0. The van der Waals surface area contributed by atoms with E-state index in [1.807, 2.05) is 26.0 Å². The molecule has 0 aliphatic carbocycles. The van der Waals surface area contributed by atoms with Crippen molar-refractivity contribution in [1.82, 2.24) is 15.6 Å². The van der Waals surface area contributed by atoms with E-state index in [0.717, 1.165) is 36.6 Å². The molecule has 0 unspecified atom stereocenters. The number of pyridine rings is 1. The summed E-state index contributed by atoms with van der Waals surface area (Å²) < 4.78 is 18.3. The second-order valence-electron chi connectivity index (χ2n) is 5.43. The van der Waals surface area contributed by atoms with E-state index in [9.17, 15) is 4.39 Å². The maximum atomic E-state index is 12.9. The lowest BCUT2D eigenvalue weighted by Gasteiger charge is -2.11. The zero-order valence-corrected chi connectivity index (χ0v) is 17.5. The maximum Gasteiger partial charge on any atom is 0.213 e. The number of nitrogens with zero attached hydrogens (tertiary/aromatic N) is 2. The van der Waals surface area contributed by atoms with Crippen LogP contribution in [-0.4, -0.2) is 30.6 Å². The Balaban J connectivity index is 0.00000338. The predicted molar refractivity (Wildman–Crippen MR) is 114 cm³/mol. The number of benzene rings is 1. The number of guanidine groups is 1. The Kier molecular flexibility index (Phi) is 10.6. The van der Waals surface area contributed by atoms with E-state index < -0.39 is 0 Å². The van der Waals surface area contributed by atoms with Crippen molar-refractivity contribution in [2.75, 3.05) is 19.7 Å². The topological polar surface area (TPSA) is 58.5 Å². The highest BCUT2D eigenvalue weighted by Crippen LogP contribution is 2.10. The maximum absolute atomic E-state index is 12.9. The molecule has 142 valence electrons. The summed E-state index contributed by atoms with van der Waals surface area (Å²) in [5, 5.41) is 6.51. The third-order valence-electron chi connectivity index (χ3n) is 3.47. The van der Waals surface area contributed by atoms with Gasteiger partial charge >= 0.3 is 0 Å². The fourth-order valence-corrected chi connectivity index (χ4v) is 2.26. The van der Waals surface area contributed by atoms with Crippen LogP contribution in [0, 0.1) is 5.82 Å². The van der Waals surface area contributed by atoms with Crippen LogP contribution >= 0.6 is 24.0 Å². The number of aromatic nitrogens is 1. The largest absolute Gasteiger partial charge is 0.478 e. The number of hydrogen-bond acceptors (Lipinski definition) is 3. The molecule has 2 N–H and O–H groups in total. The summed E-state index contributed by atoms with van der Waals surface area (Å²) in [6.07, 6.45) is 2.53. The molecule has 0 spiro atoms. The first-order chi connectivity index (χ1) is 12.2. The fraction of sp³-hybridized carbons (Fsp3) is 0.368. The first kappa shape index (κ1) is 22.1. The van der Waals surface area contributed by atoms with Crippen molar-refractivity contribution < 1.29 is 9.13 Å². The van der Waals surface area contributed by atoms with E-state index in [2.05, 4.69) is 20.6 Å². The normalized spacial score (nSPS) is 10.8. The van der Waals surface area contributed by atoms with Crippen molar-refractivity contribution >= 4 is 29.9 Å². The van der Waals surface area contributed by atoms with Crippen molar-refractivity contribution in [3.8, 4) is 5.88 Å². The molecule has 0 amide bonds. The summed E-state index contributed by atoms with van der Waals surface area (Å²) in [5.41, 5.74) is 2.12. The summed E-state index contributed by atoms with van der Waals surface area (Å²) >= 11 is 0. The summed E-state index contributed by atoms with van der Waals surface area (Å²) in [6, 6.07) is 10.4. The van der Waals surface area contributed by atoms with Gasteiger partial charge in [0.05, 0.1) is 13.2 Å². The predicted octanol–water partition coefficient (Wildman–Crippen LogP) is 3.54. The van der Waals surface area contributed by atoms with Crippen LogP contribution in [0.1, 0.15) is 25.0 Å². The van der Waals surface area contributed by atoms with Gasteiger partial charge in [-0.25, -0.2) is 14.4 Å². The molecule has 0 radical (unpaired) electrons. The quantitative estimate of drug-likeness (QED) is 0.351. The van der Waals surface area contributed by atoms with E-state index in [4.69, 9.17) is 4.74 Å². The zero-order valence-electron chi connectivity index (χ0n) is 15.2. The van der Waals surface area contributed by atoms with Crippen LogP contribution in [0.5, 0.6) is 5.88 Å². The Morgan fingerprint density at radius 1 is 1.12 bits per heavy atom. The van der Waals surface area contributed by atoms with Crippen LogP contribution in [0.3, 0.4) is 0 Å². The zero-order chi connectivity index (χ0) is 17.9. The van der Waals surface area contributed by atoms with Gasteiger partial charge in [-0.1, -0.05) is 12.1 Å². The standard InChI is InChI=1S/C19H25FN4O.HI/c1-3-21-19(23-12-9-15-5-7-17(20)8-6-15)24-14-16-10-11-22-18(13-16)25-4-2;/h5-8,10-11,13H,3-4,9,12,14H2,1-2H3,(H2,21,23,24);1H. The van der Waals surface area contributed by atoms with Crippen molar-refractivity contribution in [2.45, 2.75) is 26.8 Å². The highest BCUT2D eigenvalue weighted by atomic mass is 127. The van der Waals surface area contributed by atoms with Gasteiger partial charge in [-0.2, -0.15) is 0 Å². The van der Waals surface area contributed by atoms with E-state index in [0.29, 0.717) is 19.0 Å². The van der Waals surface area contributed by atoms with Crippen molar-refractivity contribution in [3.05, 3.63) is 59.5 Å². The van der Waals surface area contributed by atoms with Gasteiger partial charge in [-0.3, -0.25) is 0 Å². The lowest BCUT2D eigenvalue weighted by atomic mass is 10.1. The van der Waals surface area contributed by atoms with Gasteiger partial charge in [0.1, 0.15) is 5.82 Å². The van der Waals surface area contributed by atoms with Gasteiger partial charge in [0.15, 0.2) is 5.96 Å². The van der Waals surface area contributed by atoms with E-state index in [1.54, 1.807) is 18.3 Å². The Morgan fingerprint density at radius 2 is 1.88 bits per heavy atom. The molecule has 2 rings (SSSR count). The minimum Gasteiger partial charge on any atom is -0.478 e. The van der Waals surface area contributed by atoms with Gasteiger partial charge in [0.2, 0.25) is 5.88 Å². The van der Waals surface area contributed by atoms with Crippen molar-refractivity contribution in [2.24, 2.45) is 4.99 Å². The monoisotopic (exact) mass is 472 g/mol. The highest BCUT2D eigenvalue weighted by molar-refractivity contribution is 14.0. The lowest BCUT2D eigenvalue weighted by molar-refractivity contribution is 0.326. The Labute approximate surface area is 171 Å². The van der Waals surface area contributed by atoms with E-state index in [-0.39, 0.29) is 29.8 Å². The summed E-state index contributed by atoms with van der Waals surface area (Å²) in [5.74, 6) is 1.15. The van der Waals surface area contributed by atoms with Crippen LogP contribution in [0.25, 0.3) is 0 Å². The molecule has 5 nitrogen and oxygen atoms in total. The third-order valence-corrected chi connectivity index (χ3v) is 3.47. The first-order valence-corrected chi connectivity index (χ1v) is 8.55. The number of rotatable bonds is 8. The van der Waals surface area contributed by atoms with Gasteiger partial charge in [-0.05, 0) is 49.6 Å². The molecule has 26 heavy (non-hydrogen) atoms. The molecule has 0 aliphatic heterocycles. The number of aliphatic imine (C=N–C) groups is 1. The first-order valence-electron chi connectivity index (χ1n) is 8.55. The number of hydrogen-bond donors (Lipinski definition) is 2. The van der Waals surface area contributed by atoms with Gasteiger partial charge in [-0.15, -0.1) is 24.0 Å². The van der Waals surface area contributed by atoms with Crippen LogP contribution in [0.15, 0.2) is 47.6 Å². The summed E-state index contributed by atoms with van der Waals surface area (Å²) in [4.78, 5) is 8.73.